The molecule has 0 saturated heterocycles. The van der Waals surface area contributed by atoms with Crippen molar-refractivity contribution in [1.29, 1.82) is 0 Å². The van der Waals surface area contributed by atoms with Gasteiger partial charge in [-0.25, -0.2) is 4.39 Å². The molecule has 0 aliphatic carbocycles. The zero-order chi connectivity index (χ0) is 13.0. The van der Waals surface area contributed by atoms with Crippen molar-refractivity contribution in [3.8, 4) is 12.3 Å². The average Bonchev–Trinajstić information content (AvgIpc) is 2.42. The minimum atomic E-state index is -0.208. The number of fused-ring (bicyclic) bond motifs is 1. The topological polar surface area (TPSA) is 12.0 Å². The number of hydrogen-bond acceptors (Lipinski definition) is 1. The summed E-state index contributed by atoms with van der Waals surface area (Å²) < 4.78 is 13.7. The van der Waals surface area contributed by atoms with E-state index in [1.807, 2.05) is 18.2 Å². The summed E-state index contributed by atoms with van der Waals surface area (Å²) in [6.45, 7) is 2.93. The fourth-order valence-electron chi connectivity index (χ4n) is 2.08. The highest BCUT2D eigenvalue weighted by Gasteiger charge is 2.12. The minimum Gasteiger partial charge on any atom is -0.300 e. The molecule has 1 N–H and O–H groups in total. The van der Waals surface area contributed by atoms with Crippen molar-refractivity contribution in [3.63, 3.8) is 0 Å². The van der Waals surface area contributed by atoms with E-state index in [4.69, 9.17) is 6.42 Å². The van der Waals surface area contributed by atoms with E-state index in [1.165, 1.54) is 6.07 Å². The van der Waals surface area contributed by atoms with Gasteiger partial charge in [0, 0.05) is 5.39 Å². The molecule has 0 spiro atoms. The Bertz CT molecular complexity index is 583. The molecule has 2 aromatic rings. The van der Waals surface area contributed by atoms with Crippen molar-refractivity contribution in [3.05, 3.63) is 47.8 Å². The Labute approximate surface area is 107 Å². The third-order valence-corrected chi connectivity index (χ3v) is 2.98. The molecule has 92 valence electrons. The Morgan fingerprint density at radius 3 is 2.61 bits per heavy atom. The summed E-state index contributed by atoms with van der Waals surface area (Å²) >= 11 is 0. The first-order chi connectivity index (χ1) is 8.77. The highest BCUT2D eigenvalue weighted by atomic mass is 19.1. The lowest BCUT2D eigenvalue weighted by Gasteiger charge is -2.15. The van der Waals surface area contributed by atoms with Crippen molar-refractivity contribution in [2.24, 2.45) is 0 Å². The smallest absolute Gasteiger partial charge is 0.131 e. The maximum atomic E-state index is 13.7. The van der Waals surface area contributed by atoms with Crippen molar-refractivity contribution < 1.29 is 4.39 Å². The molecule has 0 aliphatic heterocycles. The summed E-state index contributed by atoms with van der Waals surface area (Å²) in [6, 6.07) is 10.5. The van der Waals surface area contributed by atoms with Crippen molar-refractivity contribution in [2.45, 2.75) is 19.4 Å². The number of rotatable bonds is 4. The van der Waals surface area contributed by atoms with Crippen molar-refractivity contribution in [1.82, 2.24) is 5.32 Å². The first-order valence-electron chi connectivity index (χ1n) is 6.14. The Morgan fingerprint density at radius 2 is 1.94 bits per heavy atom. The van der Waals surface area contributed by atoms with E-state index in [2.05, 4.69) is 18.2 Å². The maximum Gasteiger partial charge on any atom is 0.131 e. The average molecular weight is 241 g/mol. The third-order valence-electron chi connectivity index (χ3n) is 2.98. The molecule has 2 heteroatoms. The molecule has 2 rings (SSSR count). The molecule has 0 radical (unpaired) electrons. The second kappa shape index (κ2) is 5.66. The molecule has 0 amide bonds. The Morgan fingerprint density at radius 1 is 1.22 bits per heavy atom. The largest absolute Gasteiger partial charge is 0.300 e. The van der Waals surface area contributed by atoms with Crippen LogP contribution in [0.15, 0.2) is 36.4 Å². The van der Waals surface area contributed by atoms with E-state index in [1.54, 1.807) is 12.1 Å². The second-order valence-electron chi connectivity index (χ2n) is 4.24. The summed E-state index contributed by atoms with van der Waals surface area (Å²) in [4.78, 5) is 0. The fraction of sp³-hybridized carbons (Fsp3) is 0.250. The predicted molar refractivity (Wildman–Crippen MR) is 73.8 cm³/mol. The van der Waals surface area contributed by atoms with E-state index in [-0.39, 0.29) is 11.9 Å². The summed E-state index contributed by atoms with van der Waals surface area (Å²) in [5.41, 5.74) is 0.961. The molecule has 1 atom stereocenters. The van der Waals surface area contributed by atoms with Crippen LogP contribution in [0, 0.1) is 18.2 Å². The van der Waals surface area contributed by atoms with Crippen LogP contribution in [0.2, 0.25) is 0 Å². The first-order valence-corrected chi connectivity index (χ1v) is 6.14. The predicted octanol–water partition coefficient (Wildman–Crippen LogP) is 3.65. The van der Waals surface area contributed by atoms with Crippen molar-refractivity contribution in [2.75, 3.05) is 6.54 Å². The molecule has 18 heavy (non-hydrogen) atoms. The van der Waals surface area contributed by atoms with Gasteiger partial charge >= 0.3 is 0 Å². The van der Waals surface area contributed by atoms with Crippen LogP contribution in [0.5, 0.6) is 0 Å². The molecule has 0 bridgehead atoms. The molecule has 1 nitrogen and oxygen atoms in total. The monoisotopic (exact) mass is 241 g/mol. The van der Waals surface area contributed by atoms with Crippen LogP contribution in [0.1, 0.15) is 24.9 Å². The van der Waals surface area contributed by atoms with Gasteiger partial charge in [0.25, 0.3) is 0 Å². The van der Waals surface area contributed by atoms with E-state index < -0.39 is 0 Å². The number of nitrogens with one attached hydrogen (secondary N) is 1. The molecular weight excluding hydrogens is 225 g/mol. The normalized spacial score (nSPS) is 12.3. The summed E-state index contributed by atoms with van der Waals surface area (Å²) in [7, 11) is 0. The van der Waals surface area contributed by atoms with Crippen LogP contribution < -0.4 is 5.32 Å². The molecule has 0 aromatic heterocycles. The molecular formula is C16H16FN. The van der Waals surface area contributed by atoms with Gasteiger partial charge in [-0.3, -0.25) is 5.32 Å². The fourth-order valence-corrected chi connectivity index (χ4v) is 2.08. The number of halogens is 1. The van der Waals surface area contributed by atoms with Crippen LogP contribution in [0.3, 0.4) is 0 Å². The quantitative estimate of drug-likeness (QED) is 0.806. The SMILES string of the molecule is C#CC(NCCC)c1ccc(F)c2ccccc12. The highest BCUT2D eigenvalue weighted by Crippen LogP contribution is 2.26. The molecule has 2 aromatic carbocycles. The van der Waals surface area contributed by atoms with E-state index in [9.17, 15) is 4.39 Å². The van der Waals surface area contributed by atoms with Crippen molar-refractivity contribution >= 4 is 10.8 Å². The first kappa shape index (κ1) is 12.6. The van der Waals surface area contributed by atoms with Gasteiger partial charge in [-0.1, -0.05) is 43.2 Å². The van der Waals surface area contributed by atoms with Gasteiger partial charge in [-0.05, 0) is 30.0 Å². The Kier molecular flexibility index (Phi) is 3.96. The second-order valence-corrected chi connectivity index (χ2v) is 4.24. The van der Waals surface area contributed by atoms with Gasteiger partial charge < -0.3 is 0 Å². The lowest BCUT2D eigenvalue weighted by Crippen LogP contribution is -2.20. The van der Waals surface area contributed by atoms with Crippen LogP contribution in [0.4, 0.5) is 4.39 Å². The lowest BCUT2D eigenvalue weighted by molar-refractivity contribution is 0.622. The van der Waals surface area contributed by atoms with Gasteiger partial charge in [-0.15, -0.1) is 6.42 Å². The van der Waals surface area contributed by atoms with Gasteiger partial charge in [-0.2, -0.15) is 0 Å². The molecule has 0 aliphatic rings. The lowest BCUT2D eigenvalue weighted by atomic mass is 9.98. The van der Waals surface area contributed by atoms with Gasteiger partial charge in [0.05, 0.1) is 6.04 Å². The highest BCUT2D eigenvalue weighted by molar-refractivity contribution is 5.87. The summed E-state index contributed by atoms with van der Waals surface area (Å²) in [5, 5.41) is 4.79. The van der Waals surface area contributed by atoms with Gasteiger partial charge in [0.1, 0.15) is 5.82 Å². The Hall–Kier alpha value is -1.85. The van der Waals surface area contributed by atoms with Crippen LogP contribution >= 0.6 is 0 Å². The molecule has 0 saturated carbocycles. The number of terminal acetylenes is 1. The summed E-state index contributed by atoms with van der Waals surface area (Å²) in [5.74, 6) is 2.52. The van der Waals surface area contributed by atoms with E-state index in [0.717, 1.165) is 23.9 Å². The van der Waals surface area contributed by atoms with Crippen LogP contribution in [-0.2, 0) is 0 Å². The van der Waals surface area contributed by atoms with Gasteiger partial charge in [0.15, 0.2) is 0 Å². The molecule has 1 unspecified atom stereocenters. The number of hydrogen-bond donors (Lipinski definition) is 1. The van der Waals surface area contributed by atoms with E-state index in [0.29, 0.717) is 5.39 Å². The summed E-state index contributed by atoms with van der Waals surface area (Å²) in [6.07, 6.45) is 6.58. The zero-order valence-corrected chi connectivity index (χ0v) is 10.4. The van der Waals surface area contributed by atoms with Crippen LogP contribution in [0.25, 0.3) is 10.8 Å². The maximum absolute atomic E-state index is 13.7. The zero-order valence-electron chi connectivity index (χ0n) is 10.4. The van der Waals surface area contributed by atoms with E-state index >= 15 is 0 Å². The van der Waals surface area contributed by atoms with Gasteiger partial charge in [0.2, 0.25) is 0 Å². The minimum absolute atomic E-state index is 0.171. The molecule has 0 heterocycles. The number of benzene rings is 2. The Balaban J connectivity index is 2.50. The third kappa shape index (κ3) is 2.37. The standard InChI is InChI=1S/C16H16FN/c1-3-11-18-16(4-2)14-9-10-15(17)13-8-6-5-7-12(13)14/h2,5-10,16,18H,3,11H2,1H3. The molecule has 0 fully saturated rings. The van der Waals surface area contributed by atoms with Crippen LogP contribution in [-0.4, -0.2) is 6.54 Å².